The van der Waals surface area contributed by atoms with E-state index in [9.17, 15) is 14.7 Å². The second kappa shape index (κ2) is 6.60. The molecule has 1 aliphatic heterocycles. The number of carbonyl (C=O) groups is 2. The number of carboxylic acid groups (broad SMARTS) is 1. The molecule has 1 heterocycles. The number of hydrogen-bond donors (Lipinski definition) is 1. The van der Waals surface area contributed by atoms with Gasteiger partial charge < -0.3 is 14.7 Å². The van der Waals surface area contributed by atoms with E-state index >= 15 is 0 Å². The van der Waals surface area contributed by atoms with E-state index in [0.29, 0.717) is 13.0 Å². The molecular weight excluding hydrogens is 294 g/mol. The first-order valence-corrected chi connectivity index (χ1v) is 7.94. The number of benzene rings is 1. The summed E-state index contributed by atoms with van der Waals surface area (Å²) in [6, 6.07) is 7.94. The van der Waals surface area contributed by atoms with Crippen molar-refractivity contribution in [1.82, 2.24) is 4.90 Å². The van der Waals surface area contributed by atoms with E-state index in [2.05, 4.69) is 0 Å². The van der Waals surface area contributed by atoms with Crippen LogP contribution in [0.25, 0.3) is 0 Å². The SMILES string of the molecule is Cc1cccc([C@@H]2CCN(C(=O)OC(C)(C)C)C[C@@H]2C(=O)O)c1. The molecule has 2 atom stereocenters. The van der Waals surface area contributed by atoms with Gasteiger partial charge in [0.2, 0.25) is 0 Å². The smallest absolute Gasteiger partial charge is 0.410 e. The molecule has 1 fully saturated rings. The Balaban J connectivity index is 2.15. The van der Waals surface area contributed by atoms with Crippen LogP contribution in [-0.2, 0) is 9.53 Å². The Hall–Kier alpha value is -2.04. The number of hydrogen-bond acceptors (Lipinski definition) is 3. The lowest BCUT2D eigenvalue weighted by atomic mass is 9.80. The molecule has 1 aromatic carbocycles. The summed E-state index contributed by atoms with van der Waals surface area (Å²) < 4.78 is 5.36. The molecule has 23 heavy (non-hydrogen) atoms. The van der Waals surface area contributed by atoms with E-state index in [-0.39, 0.29) is 12.5 Å². The van der Waals surface area contributed by atoms with Crippen molar-refractivity contribution in [2.24, 2.45) is 5.92 Å². The van der Waals surface area contributed by atoms with E-state index < -0.39 is 23.6 Å². The van der Waals surface area contributed by atoms with Gasteiger partial charge in [-0.3, -0.25) is 4.79 Å². The Morgan fingerprint density at radius 2 is 2.00 bits per heavy atom. The molecule has 1 aromatic rings. The number of nitrogens with zero attached hydrogens (tertiary/aromatic N) is 1. The maximum absolute atomic E-state index is 12.2. The minimum Gasteiger partial charge on any atom is -0.481 e. The van der Waals surface area contributed by atoms with Crippen LogP contribution in [0.4, 0.5) is 4.79 Å². The van der Waals surface area contributed by atoms with Crippen LogP contribution in [0.2, 0.25) is 0 Å². The van der Waals surface area contributed by atoms with Crippen molar-refractivity contribution >= 4 is 12.1 Å². The van der Waals surface area contributed by atoms with Crippen molar-refractivity contribution in [2.45, 2.75) is 45.6 Å². The van der Waals surface area contributed by atoms with Gasteiger partial charge in [-0.15, -0.1) is 0 Å². The van der Waals surface area contributed by atoms with Crippen molar-refractivity contribution in [2.75, 3.05) is 13.1 Å². The normalized spacial score (nSPS) is 21.8. The monoisotopic (exact) mass is 319 g/mol. The summed E-state index contributed by atoms with van der Waals surface area (Å²) in [5.74, 6) is -1.56. The first-order valence-electron chi connectivity index (χ1n) is 7.94. The third kappa shape index (κ3) is 4.47. The summed E-state index contributed by atoms with van der Waals surface area (Å²) in [5.41, 5.74) is 1.56. The van der Waals surface area contributed by atoms with Crippen LogP contribution in [-0.4, -0.2) is 40.8 Å². The fourth-order valence-corrected chi connectivity index (χ4v) is 2.99. The molecule has 0 unspecified atom stereocenters. The average Bonchev–Trinajstić information content (AvgIpc) is 2.44. The molecule has 5 nitrogen and oxygen atoms in total. The van der Waals surface area contributed by atoms with Gasteiger partial charge in [0.1, 0.15) is 5.60 Å². The number of carboxylic acids is 1. The van der Waals surface area contributed by atoms with Crippen molar-refractivity contribution in [3.05, 3.63) is 35.4 Å². The summed E-state index contributed by atoms with van der Waals surface area (Å²) in [4.78, 5) is 25.4. The Morgan fingerprint density at radius 3 is 2.57 bits per heavy atom. The maximum Gasteiger partial charge on any atom is 0.410 e. The molecule has 0 spiro atoms. The van der Waals surface area contributed by atoms with Crippen molar-refractivity contribution < 1.29 is 19.4 Å². The van der Waals surface area contributed by atoms with Crippen LogP contribution in [0.1, 0.15) is 44.2 Å². The van der Waals surface area contributed by atoms with Gasteiger partial charge in [0.15, 0.2) is 0 Å². The van der Waals surface area contributed by atoms with Crippen molar-refractivity contribution in [1.29, 1.82) is 0 Å². The summed E-state index contributed by atoms with van der Waals surface area (Å²) in [7, 11) is 0. The lowest BCUT2D eigenvalue weighted by Gasteiger charge is -2.37. The standard InChI is InChI=1S/C18H25NO4/c1-12-6-5-7-13(10-12)14-8-9-19(11-15(14)16(20)21)17(22)23-18(2,3)4/h5-7,10,14-15H,8-9,11H2,1-4H3,(H,20,21)/t14-,15-/m0/s1. The molecule has 126 valence electrons. The molecule has 0 aromatic heterocycles. The minimum atomic E-state index is -0.871. The quantitative estimate of drug-likeness (QED) is 0.907. The van der Waals surface area contributed by atoms with Gasteiger partial charge in [0.05, 0.1) is 5.92 Å². The van der Waals surface area contributed by atoms with Gasteiger partial charge in [-0.1, -0.05) is 29.8 Å². The lowest BCUT2D eigenvalue weighted by Crippen LogP contribution is -2.47. The fourth-order valence-electron chi connectivity index (χ4n) is 2.99. The van der Waals surface area contributed by atoms with E-state index in [0.717, 1.165) is 11.1 Å². The predicted molar refractivity (Wildman–Crippen MR) is 87.5 cm³/mol. The fraction of sp³-hybridized carbons (Fsp3) is 0.556. The zero-order valence-electron chi connectivity index (χ0n) is 14.2. The predicted octanol–water partition coefficient (Wildman–Crippen LogP) is 3.42. The first kappa shape index (κ1) is 17.3. The Kier molecular flexibility index (Phi) is 4.97. The highest BCUT2D eigenvalue weighted by molar-refractivity contribution is 5.74. The van der Waals surface area contributed by atoms with E-state index in [1.807, 2.05) is 31.2 Å². The molecule has 0 bridgehead atoms. The lowest BCUT2D eigenvalue weighted by molar-refractivity contribution is -0.144. The van der Waals surface area contributed by atoms with Gasteiger partial charge in [-0.25, -0.2) is 4.79 Å². The molecule has 1 amide bonds. The second-order valence-electron chi connectivity index (χ2n) is 7.18. The average molecular weight is 319 g/mol. The maximum atomic E-state index is 12.2. The van der Waals surface area contributed by atoms with Gasteiger partial charge in [-0.05, 0) is 39.7 Å². The van der Waals surface area contributed by atoms with Gasteiger partial charge in [0.25, 0.3) is 0 Å². The highest BCUT2D eigenvalue weighted by Gasteiger charge is 2.38. The zero-order chi connectivity index (χ0) is 17.2. The number of likely N-dealkylation sites (tertiary alicyclic amines) is 1. The van der Waals surface area contributed by atoms with Crippen LogP contribution in [0.5, 0.6) is 0 Å². The Labute approximate surface area is 137 Å². The van der Waals surface area contributed by atoms with Gasteiger partial charge in [-0.2, -0.15) is 0 Å². The van der Waals surface area contributed by atoms with Gasteiger partial charge >= 0.3 is 12.1 Å². The molecular formula is C18H25NO4. The number of aryl methyl sites for hydroxylation is 1. The Morgan fingerprint density at radius 1 is 1.30 bits per heavy atom. The number of piperidine rings is 1. The van der Waals surface area contributed by atoms with Crippen LogP contribution in [0, 0.1) is 12.8 Å². The molecule has 0 radical (unpaired) electrons. The molecule has 5 heteroatoms. The minimum absolute atomic E-state index is 0.0777. The first-order chi connectivity index (χ1) is 10.7. The van der Waals surface area contributed by atoms with E-state index in [1.165, 1.54) is 4.90 Å². The summed E-state index contributed by atoms with van der Waals surface area (Å²) in [6.45, 7) is 8.10. The van der Waals surface area contributed by atoms with Crippen LogP contribution in [0.15, 0.2) is 24.3 Å². The summed E-state index contributed by atoms with van der Waals surface area (Å²) in [6.07, 6.45) is 0.186. The van der Waals surface area contributed by atoms with Crippen molar-refractivity contribution in [3.8, 4) is 0 Å². The molecule has 0 saturated carbocycles. The molecule has 1 N–H and O–H groups in total. The third-order valence-corrected chi connectivity index (χ3v) is 4.05. The largest absolute Gasteiger partial charge is 0.481 e. The van der Waals surface area contributed by atoms with Crippen molar-refractivity contribution in [3.63, 3.8) is 0 Å². The van der Waals surface area contributed by atoms with E-state index in [1.54, 1.807) is 20.8 Å². The van der Waals surface area contributed by atoms with Gasteiger partial charge in [0, 0.05) is 19.0 Å². The molecule has 2 rings (SSSR count). The number of carbonyl (C=O) groups excluding carboxylic acids is 1. The molecule has 0 aliphatic carbocycles. The molecule has 1 aliphatic rings. The zero-order valence-corrected chi connectivity index (χ0v) is 14.2. The number of ether oxygens (including phenoxy) is 1. The third-order valence-electron chi connectivity index (χ3n) is 4.05. The topological polar surface area (TPSA) is 66.8 Å². The highest BCUT2D eigenvalue weighted by atomic mass is 16.6. The number of aliphatic carboxylic acids is 1. The van der Waals surface area contributed by atoms with Crippen LogP contribution in [0.3, 0.4) is 0 Å². The number of rotatable bonds is 2. The van der Waals surface area contributed by atoms with Crippen LogP contribution >= 0.6 is 0 Å². The molecule has 1 saturated heterocycles. The Bertz CT molecular complexity index is 591. The van der Waals surface area contributed by atoms with Crippen LogP contribution < -0.4 is 0 Å². The summed E-state index contributed by atoms with van der Waals surface area (Å²) in [5, 5.41) is 9.59. The second-order valence-corrected chi connectivity index (χ2v) is 7.18. The van der Waals surface area contributed by atoms with E-state index in [4.69, 9.17) is 4.74 Å². The summed E-state index contributed by atoms with van der Waals surface area (Å²) >= 11 is 0. The highest BCUT2D eigenvalue weighted by Crippen LogP contribution is 2.34. The number of amides is 1.